The molecule has 0 radical (unpaired) electrons. The largest absolute Gasteiger partial charge is 0.390 e. The van der Waals surface area contributed by atoms with Crippen LogP contribution in [0.4, 0.5) is 11.6 Å². The van der Waals surface area contributed by atoms with Gasteiger partial charge in [-0.05, 0) is 49.8 Å². The number of anilines is 2. The fourth-order valence-corrected chi connectivity index (χ4v) is 4.10. The number of pyridine rings is 1. The van der Waals surface area contributed by atoms with Crippen LogP contribution in [0, 0.1) is 5.92 Å². The molecule has 1 fully saturated rings. The lowest BCUT2D eigenvalue weighted by Crippen LogP contribution is -2.29. The smallest absolute Gasteiger partial charge is 0.145 e. The first-order valence-corrected chi connectivity index (χ1v) is 9.19. The van der Waals surface area contributed by atoms with Crippen molar-refractivity contribution in [2.24, 2.45) is 5.92 Å². The minimum absolute atomic E-state index is 0.0164. The lowest BCUT2D eigenvalue weighted by Gasteiger charge is -2.19. The fourth-order valence-electron chi connectivity index (χ4n) is 4.10. The number of rotatable bonds is 5. The highest BCUT2D eigenvalue weighted by molar-refractivity contribution is 5.86. The number of aromatic nitrogens is 4. The Balaban J connectivity index is 1.45. The number of hydrogen-bond donors (Lipinski definition) is 4. The molecule has 0 spiro atoms. The summed E-state index contributed by atoms with van der Waals surface area (Å²) >= 11 is 0. The normalized spacial score (nSPS) is 25.3. The molecule has 1 saturated carbocycles. The van der Waals surface area contributed by atoms with Crippen molar-refractivity contribution in [2.75, 3.05) is 11.5 Å². The standard InChI is InChI=1S/C19H24N6O2/c20-15-6-2-5-12(24-15)4-1-3-11-9-14(17(27)16(11)26)25-8-7-13-18(21)22-10-23-19(13)25/h2,5-8,10-11,14,16-17,26-27H,1,3-4,9H2,(H2,20,24)(H2,21,22,23)/t11-,14+,16+,17-/m0/s1. The Morgan fingerprint density at radius 3 is 2.78 bits per heavy atom. The molecule has 0 saturated heterocycles. The third-order valence-corrected chi connectivity index (χ3v) is 5.50. The molecule has 1 aliphatic rings. The molecule has 3 aromatic heterocycles. The van der Waals surface area contributed by atoms with Gasteiger partial charge in [-0.25, -0.2) is 15.0 Å². The van der Waals surface area contributed by atoms with E-state index in [4.69, 9.17) is 11.5 Å². The highest BCUT2D eigenvalue weighted by atomic mass is 16.3. The highest BCUT2D eigenvalue weighted by Gasteiger charge is 2.42. The van der Waals surface area contributed by atoms with Gasteiger partial charge in [-0.3, -0.25) is 0 Å². The molecule has 142 valence electrons. The van der Waals surface area contributed by atoms with E-state index in [0.717, 1.165) is 30.3 Å². The summed E-state index contributed by atoms with van der Waals surface area (Å²) in [5, 5.41) is 21.9. The van der Waals surface area contributed by atoms with Crippen LogP contribution in [0.25, 0.3) is 11.0 Å². The number of nitrogens with two attached hydrogens (primary N) is 2. The molecule has 6 N–H and O–H groups in total. The zero-order valence-electron chi connectivity index (χ0n) is 14.9. The summed E-state index contributed by atoms with van der Waals surface area (Å²) in [5.41, 5.74) is 13.2. The second kappa shape index (κ2) is 7.13. The lowest BCUT2D eigenvalue weighted by molar-refractivity contribution is 0.00510. The van der Waals surface area contributed by atoms with Crippen LogP contribution >= 0.6 is 0 Å². The summed E-state index contributed by atoms with van der Waals surface area (Å²) < 4.78 is 1.90. The zero-order chi connectivity index (χ0) is 19.0. The van der Waals surface area contributed by atoms with Gasteiger partial charge in [-0.15, -0.1) is 0 Å². The average molecular weight is 368 g/mol. The second-order valence-electron chi connectivity index (χ2n) is 7.21. The molecule has 8 heteroatoms. The van der Waals surface area contributed by atoms with Crippen molar-refractivity contribution in [1.82, 2.24) is 19.5 Å². The van der Waals surface area contributed by atoms with Crippen LogP contribution in [-0.4, -0.2) is 41.9 Å². The first-order chi connectivity index (χ1) is 13.0. The maximum absolute atomic E-state index is 10.6. The van der Waals surface area contributed by atoms with Crippen LogP contribution in [0.3, 0.4) is 0 Å². The van der Waals surface area contributed by atoms with Gasteiger partial charge < -0.3 is 26.2 Å². The topological polar surface area (TPSA) is 136 Å². The fraction of sp³-hybridized carbons (Fsp3) is 0.421. The summed E-state index contributed by atoms with van der Waals surface area (Å²) in [5.74, 6) is 0.949. The summed E-state index contributed by atoms with van der Waals surface area (Å²) in [6, 6.07) is 7.23. The Labute approximate surface area is 156 Å². The van der Waals surface area contributed by atoms with E-state index < -0.39 is 12.2 Å². The molecule has 3 heterocycles. The second-order valence-corrected chi connectivity index (χ2v) is 7.21. The number of hydrogen-bond acceptors (Lipinski definition) is 7. The van der Waals surface area contributed by atoms with Gasteiger partial charge in [0.1, 0.15) is 29.7 Å². The van der Waals surface area contributed by atoms with Crippen LogP contribution < -0.4 is 11.5 Å². The average Bonchev–Trinajstić information content (AvgIpc) is 3.19. The Kier molecular flexibility index (Phi) is 4.67. The van der Waals surface area contributed by atoms with Crippen LogP contribution in [0.5, 0.6) is 0 Å². The maximum Gasteiger partial charge on any atom is 0.145 e. The minimum atomic E-state index is -0.840. The number of nitrogen functional groups attached to an aromatic ring is 2. The lowest BCUT2D eigenvalue weighted by atomic mass is 9.97. The third kappa shape index (κ3) is 3.33. The number of aliphatic hydroxyl groups excluding tert-OH is 2. The van der Waals surface area contributed by atoms with Crippen molar-refractivity contribution in [3.8, 4) is 0 Å². The zero-order valence-corrected chi connectivity index (χ0v) is 14.9. The van der Waals surface area contributed by atoms with Gasteiger partial charge in [0.15, 0.2) is 0 Å². The molecule has 0 unspecified atom stereocenters. The van der Waals surface area contributed by atoms with Gasteiger partial charge in [0.25, 0.3) is 0 Å². The van der Waals surface area contributed by atoms with Crippen molar-refractivity contribution in [1.29, 1.82) is 0 Å². The molecule has 0 aromatic carbocycles. The molecule has 1 aliphatic carbocycles. The number of nitrogens with zero attached hydrogens (tertiary/aromatic N) is 4. The predicted molar refractivity (Wildman–Crippen MR) is 103 cm³/mol. The molecule has 8 nitrogen and oxygen atoms in total. The van der Waals surface area contributed by atoms with Crippen molar-refractivity contribution >= 4 is 22.7 Å². The van der Waals surface area contributed by atoms with Crippen molar-refractivity contribution < 1.29 is 10.2 Å². The molecule has 4 atom stereocenters. The summed E-state index contributed by atoms with van der Waals surface area (Å²) in [4.78, 5) is 12.6. The quantitative estimate of drug-likeness (QED) is 0.533. The Morgan fingerprint density at radius 1 is 1.11 bits per heavy atom. The van der Waals surface area contributed by atoms with E-state index in [1.807, 2.05) is 29.0 Å². The van der Waals surface area contributed by atoms with Crippen LogP contribution in [0.1, 0.15) is 31.0 Å². The number of aryl methyl sites for hydroxylation is 1. The first kappa shape index (κ1) is 17.7. The number of fused-ring (bicyclic) bond motifs is 1. The molecule has 0 aliphatic heterocycles. The number of aliphatic hydroxyl groups is 2. The summed E-state index contributed by atoms with van der Waals surface area (Å²) in [7, 11) is 0. The van der Waals surface area contributed by atoms with Gasteiger partial charge >= 0.3 is 0 Å². The first-order valence-electron chi connectivity index (χ1n) is 9.19. The van der Waals surface area contributed by atoms with Gasteiger partial charge in [0.2, 0.25) is 0 Å². The van der Waals surface area contributed by atoms with Crippen molar-refractivity contribution in [2.45, 2.75) is 43.9 Å². The van der Waals surface area contributed by atoms with E-state index in [1.165, 1.54) is 6.33 Å². The maximum atomic E-state index is 10.6. The SMILES string of the molecule is Nc1cccc(CCC[C@H]2C[C@@H](n3ccc4c(N)ncnc43)[C@H](O)[C@@H]2O)n1. The van der Waals surface area contributed by atoms with Gasteiger partial charge in [-0.2, -0.15) is 0 Å². The molecular formula is C19H24N6O2. The van der Waals surface area contributed by atoms with E-state index in [2.05, 4.69) is 15.0 Å². The molecular weight excluding hydrogens is 344 g/mol. The van der Waals surface area contributed by atoms with Crippen LogP contribution in [-0.2, 0) is 6.42 Å². The summed E-state index contributed by atoms with van der Waals surface area (Å²) in [6.07, 6.45) is 4.83. The van der Waals surface area contributed by atoms with E-state index in [9.17, 15) is 10.2 Å². The molecule has 0 amide bonds. The van der Waals surface area contributed by atoms with Gasteiger partial charge in [0.05, 0.1) is 17.5 Å². The van der Waals surface area contributed by atoms with Crippen molar-refractivity contribution in [3.63, 3.8) is 0 Å². The van der Waals surface area contributed by atoms with Crippen LogP contribution in [0.15, 0.2) is 36.8 Å². The molecule has 27 heavy (non-hydrogen) atoms. The van der Waals surface area contributed by atoms with Crippen LogP contribution in [0.2, 0.25) is 0 Å². The summed E-state index contributed by atoms with van der Waals surface area (Å²) in [6.45, 7) is 0. The minimum Gasteiger partial charge on any atom is -0.390 e. The third-order valence-electron chi connectivity index (χ3n) is 5.50. The molecule has 0 bridgehead atoms. The van der Waals surface area contributed by atoms with E-state index in [-0.39, 0.29) is 12.0 Å². The Hall–Kier alpha value is -2.71. The Bertz CT molecular complexity index is 943. The monoisotopic (exact) mass is 368 g/mol. The predicted octanol–water partition coefficient (Wildman–Crippen LogP) is 1.30. The van der Waals surface area contributed by atoms with Gasteiger partial charge in [-0.1, -0.05) is 6.07 Å². The van der Waals surface area contributed by atoms with Crippen molar-refractivity contribution in [3.05, 3.63) is 42.5 Å². The van der Waals surface area contributed by atoms with E-state index >= 15 is 0 Å². The molecule has 3 aromatic rings. The molecule has 4 rings (SSSR count). The van der Waals surface area contributed by atoms with E-state index in [0.29, 0.717) is 23.7 Å². The highest BCUT2D eigenvalue weighted by Crippen LogP contribution is 2.39. The van der Waals surface area contributed by atoms with E-state index in [1.54, 1.807) is 6.07 Å². The Morgan fingerprint density at radius 2 is 1.96 bits per heavy atom. The van der Waals surface area contributed by atoms with Gasteiger partial charge in [0, 0.05) is 11.9 Å².